The van der Waals surface area contributed by atoms with E-state index in [1.54, 1.807) is 0 Å². The van der Waals surface area contributed by atoms with Gasteiger partial charge in [-0.15, -0.1) is 0 Å². The number of amides is 1. The summed E-state index contributed by atoms with van der Waals surface area (Å²) < 4.78 is 0. The molecule has 3 unspecified atom stereocenters. The van der Waals surface area contributed by atoms with Crippen LogP contribution in [0.3, 0.4) is 0 Å². The number of hydrogen-bond donors (Lipinski definition) is 3. The predicted octanol–water partition coefficient (Wildman–Crippen LogP) is 0.983. The maximum Gasteiger partial charge on any atom is 0.241 e. The first kappa shape index (κ1) is 15.9. The van der Waals surface area contributed by atoms with Crippen molar-refractivity contribution in [1.29, 1.82) is 0 Å². The fraction of sp³-hybridized carbons (Fsp3) is 0.562. The van der Waals surface area contributed by atoms with Crippen LogP contribution in [-0.4, -0.2) is 35.1 Å². The molecule has 2 rings (SSSR count). The number of likely N-dealkylation sites (tertiary alicyclic amines) is 1. The Morgan fingerprint density at radius 2 is 2.14 bits per heavy atom. The summed E-state index contributed by atoms with van der Waals surface area (Å²) in [5.74, 6) is 5.07. The molecule has 21 heavy (non-hydrogen) atoms. The van der Waals surface area contributed by atoms with Crippen LogP contribution in [0, 0.1) is 5.92 Å². The number of nitrogens with zero attached hydrogens (tertiary/aromatic N) is 1. The summed E-state index contributed by atoms with van der Waals surface area (Å²) in [5, 5.41) is 9.76. The van der Waals surface area contributed by atoms with Crippen molar-refractivity contribution < 1.29 is 9.90 Å². The van der Waals surface area contributed by atoms with Crippen molar-refractivity contribution in [1.82, 2.24) is 10.3 Å². The highest BCUT2D eigenvalue weighted by Gasteiger charge is 2.24. The van der Waals surface area contributed by atoms with E-state index in [0.717, 1.165) is 31.6 Å². The van der Waals surface area contributed by atoms with Crippen LogP contribution in [-0.2, 0) is 11.3 Å². The zero-order chi connectivity index (χ0) is 15.4. The third-order valence-corrected chi connectivity index (χ3v) is 4.37. The first-order valence-electron chi connectivity index (χ1n) is 7.51. The molecule has 0 saturated carbocycles. The quantitative estimate of drug-likeness (QED) is 0.439. The number of hydrogen-bond acceptors (Lipinski definition) is 4. The zero-order valence-corrected chi connectivity index (χ0v) is 12.7. The van der Waals surface area contributed by atoms with E-state index in [4.69, 9.17) is 5.84 Å². The lowest BCUT2D eigenvalue weighted by molar-refractivity contribution is -0.122. The van der Waals surface area contributed by atoms with Gasteiger partial charge in [-0.1, -0.05) is 31.2 Å². The molecule has 5 nitrogen and oxygen atoms in total. The van der Waals surface area contributed by atoms with Crippen molar-refractivity contribution in [3.05, 3.63) is 35.4 Å². The molecule has 0 bridgehead atoms. The lowest BCUT2D eigenvalue weighted by Gasteiger charge is -2.34. The van der Waals surface area contributed by atoms with Crippen molar-refractivity contribution in [2.24, 2.45) is 11.8 Å². The van der Waals surface area contributed by atoms with E-state index >= 15 is 0 Å². The average molecular weight is 291 g/mol. The van der Waals surface area contributed by atoms with E-state index in [0.29, 0.717) is 5.92 Å². The second-order valence-electron chi connectivity index (χ2n) is 6.04. The van der Waals surface area contributed by atoms with Crippen LogP contribution >= 0.6 is 0 Å². The van der Waals surface area contributed by atoms with Gasteiger partial charge in [-0.3, -0.25) is 15.1 Å². The summed E-state index contributed by atoms with van der Waals surface area (Å²) in [5.41, 5.74) is 4.37. The lowest BCUT2D eigenvalue weighted by atomic mass is 9.95. The Bertz CT molecular complexity index is 475. The molecule has 5 heteroatoms. The van der Waals surface area contributed by atoms with Crippen molar-refractivity contribution in [2.45, 2.75) is 38.8 Å². The third kappa shape index (κ3) is 4.03. The number of piperidine rings is 1. The molecule has 0 aromatic heterocycles. The van der Waals surface area contributed by atoms with Crippen LogP contribution < -0.4 is 11.3 Å². The molecular weight excluding hydrogens is 266 g/mol. The monoisotopic (exact) mass is 291 g/mol. The number of aliphatic hydroxyl groups excluding tert-OH is 1. The minimum atomic E-state index is -0.241. The number of rotatable bonds is 4. The Morgan fingerprint density at radius 3 is 2.71 bits per heavy atom. The van der Waals surface area contributed by atoms with Gasteiger partial charge in [0.2, 0.25) is 5.91 Å². The molecule has 4 N–H and O–H groups in total. The second-order valence-corrected chi connectivity index (χ2v) is 6.04. The van der Waals surface area contributed by atoms with Gasteiger partial charge in [0.15, 0.2) is 0 Å². The SMILES string of the molecule is CC(C(=O)NN)c1ccc(CN2CCC(O)C(C)C2)cc1. The predicted molar refractivity (Wildman–Crippen MR) is 82.3 cm³/mol. The Kier molecular flexibility index (Phi) is 5.33. The van der Waals surface area contributed by atoms with Gasteiger partial charge in [-0.25, -0.2) is 5.84 Å². The molecule has 1 aliphatic rings. The Labute approximate surface area is 126 Å². The molecule has 1 saturated heterocycles. The third-order valence-electron chi connectivity index (χ3n) is 4.37. The Balaban J connectivity index is 1.95. The molecule has 0 radical (unpaired) electrons. The van der Waals surface area contributed by atoms with E-state index in [2.05, 4.69) is 29.4 Å². The fourth-order valence-corrected chi connectivity index (χ4v) is 2.81. The van der Waals surface area contributed by atoms with E-state index in [1.165, 1.54) is 5.56 Å². The van der Waals surface area contributed by atoms with Crippen LogP contribution in [0.2, 0.25) is 0 Å². The Morgan fingerprint density at radius 1 is 1.48 bits per heavy atom. The smallest absolute Gasteiger partial charge is 0.241 e. The van der Waals surface area contributed by atoms with Crippen molar-refractivity contribution >= 4 is 5.91 Å². The van der Waals surface area contributed by atoms with Gasteiger partial charge in [0, 0.05) is 19.6 Å². The fourth-order valence-electron chi connectivity index (χ4n) is 2.81. The second kappa shape index (κ2) is 7.02. The van der Waals surface area contributed by atoms with Crippen molar-refractivity contribution in [2.75, 3.05) is 13.1 Å². The first-order valence-corrected chi connectivity index (χ1v) is 7.51. The zero-order valence-electron chi connectivity index (χ0n) is 12.7. The molecule has 1 fully saturated rings. The molecule has 1 aromatic carbocycles. The van der Waals surface area contributed by atoms with Crippen LogP contribution in [0.15, 0.2) is 24.3 Å². The molecule has 3 atom stereocenters. The molecule has 0 aliphatic carbocycles. The van der Waals surface area contributed by atoms with Gasteiger partial charge in [-0.2, -0.15) is 0 Å². The lowest BCUT2D eigenvalue weighted by Crippen LogP contribution is -2.41. The van der Waals surface area contributed by atoms with Gasteiger partial charge in [0.25, 0.3) is 0 Å². The largest absolute Gasteiger partial charge is 0.393 e. The van der Waals surface area contributed by atoms with E-state index in [1.807, 2.05) is 19.1 Å². The summed E-state index contributed by atoms with van der Waals surface area (Å²) in [7, 11) is 0. The number of aliphatic hydroxyl groups is 1. The number of carbonyl (C=O) groups excluding carboxylic acids is 1. The van der Waals surface area contributed by atoms with Crippen LogP contribution in [0.25, 0.3) is 0 Å². The number of carbonyl (C=O) groups is 1. The standard InChI is InChI=1S/C16H25N3O2/c1-11-9-19(8-7-15(11)20)10-13-3-5-14(6-4-13)12(2)16(21)18-17/h3-6,11-12,15,20H,7-10,17H2,1-2H3,(H,18,21). The molecule has 1 aliphatic heterocycles. The highest BCUT2D eigenvalue weighted by Crippen LogP contribution is 2.20. The molecule has 1 aromatic rings. The average Bonchev–Trinajstić information content (AvgIpc) is 2.50. The van der Waals surface area contributed by atoms with Gasteiger partial charge in [-0.05, 0) is 30.4 Å². The number of benzene rings is 1. The van der Waals surface area contributed by atoms with E-state index in [9.17, 15) is 9.90 Å². The molecule has 1 heterocycles. The maximum absolute atomic E-state index is 11.5. The van der Waals surface area contributed by atoms with Crippen molar-refractivity contribution in [3.8, 4) is 0 Å². The highest BCUT2D eigenvalue weighted by atomic mass is 16.3. The van der Waals surface area contributed by atoms with Crippen LogP contribution in [0.5, 0.6) is 0 Å². The Hall–Kier alpha value is -1.43. The van der Waals surface area contributed by atoms with E-state index in [-0.39, 0.29) is 17.9 Å². The maximum atomic E-state index is 11.5. The minimum absolute atomic E-state index is 0.167. The summed E-state index contributed by atoms with van der Waals surface area (Å²) in [6, 6.07) is 8.09. The summed E-state index contributed by atoms with van der Waals surface area (Å²) in [6.45, 7) is 6.67. The van der Waals surface area contributed by atoms with Gasteiger partial charge >= 0.3 is 0 Å². The summed E-state index contributed by atoms with van der Waals surface area (Å²) >= 11 is 0. The van der Waals surface area contributed by atoms with Gasteiger partial charge < -0.3 is 5.11 Å². The van der Waals surface area contributed by atoms with E-state index < -0.39 is 0 Å². The first-order chi connectivity index (χ1) is 10.0. The summed E-state index contributed by atoms with van der Waals surface area (Å²) in [6.07, 6.45) is 0.673. The molecule has 116 valence electrons. The molecule has 0 spiro atoms. The molecular formula is C16H25N3O2. The van der Waals surface area contributed by atoms with Gasteiger partial charge in [0.1, 0.15) is 0 Å². The number of nitrogens with two attached hydrogens (primary N) is 1. The number of hydrazine groups is 1. The topological polar surface area (TPSA) is 78.6 Å². The van der Waals surface area contributed by atoms with Crippen LogP contribution in [0.1, 0.15) is 37.3 Å². The normalized spacial score (nSPS) is 24.6. The highest BCUT2D eigenvalue weighted by molar-refractivity contribution is 5.82. The molecule has 1 amide bonds. The number of nitrogens with one attached hydrogen (secondary N) is 1. The minimum Gasteiger partial charge on any atom is -0.393 e. The van der Waals surface area contributed by atoms with Gasteiger partial charge in [0.05, 0.1) is 12.0 Å². The van der Waals surface area contributed by atoms with Crippen molar-refractivity contribution in [3.63, 3.8) is 0 Å². The summed E-state index contributed by atoms with van der Waals surface area (Å²) in [4.78, 5) is 13.9. The van der Waals surface area contributed by atoms with Crippen LogP contribution in [0.4, 0.5) is 0 Å².